The van der Waals surface area contributed by atoms with Crippen LogP contribution in [-0.4, -0.2) is 25.2 Å². The smallest absolute Gasteiger partial charge is 0.330 e. The Morgan fingerprint density at radius 1 is 1.05 bits per heavy atom. The summed E-state index contributed by atoms with van der Waals surface area (Å²) in [4.78, 5) is 22.7. The fourth-order valence-electron chi connectivity index (χ4n) is 5.21. The van der Waals surface area contributed by atoms with Crippen molar-refractivity contribution in [3.8, 4) is 0 Å². The van der Waals surface area contributed by atoms with Crippen LogP contribution in [0.2, 0.25) is 0 Å². The van der Waals surface area contributed by atoms with E-state index in [1.54, 1.807) is 0 Å². The molecule has 0 aromatic heterocycles. The molecule has 4 nitrogen and oxygen atoms in total. The Hall–Kier alpha value is -1.58. The molecule has 4 saturated carbocycles. The Morgan fingerprint density at radius 3 is 2.38 bits per heavy atom. The minimum absolute atomic E-state index is 0.0884. The summed E-state index contributed by atoms with van der Waals surface area (Å²) in [5.41, 5.74) is 0.188. The van der Waals surface area contributed by atoms with E-state index in [2.05, 4.69) is 13.2 Å². The zero-order valence-corrected chi connectivity index (χ0v) is 12.3. The molecule has 0 aliphatic heterocycles. The highest BCUT2D eigenvalue weighted by Gasteiger charge is 2.64. The van der Waals surface area contributed by atoms with Gasteiger partial charge in [-0.2, -0.15) is 0 Å². The lowest BCUT2D eigenvalue weighted by molar-refractivity contribution is -0.144. The van der Waals surface area contributed by atoms with Crippen molar-refractivity contribution in [1.29, 1.82) is 0 Å². The van der Waals surface area contributed by atoms with Crippen molar-refractivity contribution in [1.82, 2.24) is 0 Å². The van der Waals surface area contributed by atoms with Gasteiger partial charge in [-0.15, -0.1) is 0 Å². The molecule has 0 N–H and O–H groups in total. The maximum Gasteiger partial charge on any atom is 0.330 e. The van der Waals surface area contributed by atoms with Crippen LogP contribution in [0.4, 0.5) is 0 Å². The van der Waals surface area contributed by atoms with Crippen LogP contribution >= 0.6 is 0 Å². The zero-order valence-electron chi connectivity index (χ0n) is 12.3. The van der Waals surface area contributed by atoms with Crippen LogP contribution in [-0.2, 0) is 19.1 Å². The first-order valence-corrected chi connectivity index (χ1v) is 7.59. The van der Waals surface area contributed by atoms with Gasteiger partial charge >= 0.3 is 11.9 Å². The van der Waals surface area contributed by atoms with Gasteiger partial charge in [-0.3, -0.25) is 0 Å². The third kappa shape index (κ3) is 2.41. The van der Waals surface area contributed by atoms with E-state index in [1.807, 2.05) is 0 Å². The number of rotatable bonds is 6. The first-order chi connectivity index (χ1) is 10.0. The predicted octanol–water partition coefficient (Wildman–Crippen LogP) is 2.64. The van der Waals surface area contributed by atoms with Gasteiger partial charge in [-0.25, -0.2) is 9.59 Å². The molecule has 4 bridgehead atoms. The summed E-state index contributed by atoms with van der Waals surface area (Å²) in [6.07, 6.45) is 8.01. The van der Waals surface area contributed by atoms with Gasteiger partial charge in [0.25, 0.3) is 0 Å². The van der Waals surface area contributed by atoms with Crippen molar-refractivity contribution in [2.75, 3.05) is 13.2 Å². The minimum atomic E-state index is -0.348. The topological polar surface area (TPSA) is 52.6 Å². The van der Waals surface area contributed by atoms with Crippen LogP contribution in [0, 0.1) is 22.7 Å². The van der Waals surface area contributed by atoms with Crippen LogP contribution in [0.15, 0.2) is 25.3 Å². The van der Waals surface area contributed by atoms with E-state index in [0.717, 1.165) is 25.7 Å². The SMILES string of the molecule is C=CC(=O)OCC12CC3CC(C1)C(COC(=O)C=C)(C3)C2. The molecule has 0 amide bonds. The van der Waals surface area contributed by atoms with Crippen molar-refractivity contribution in [2.45, 2.75) is 32.1 Å². The highest BCUT2D eigenvalue weighted by Crippen LogP contribution is 2.70. The quantitative estimate of drug-likeness (QED) is 0.557. The van der Waals surface area contributed by atoms with Gasteiger partial charge in [0.1, 0.15) is 0 Å². The summed E-state index contributed by atoms with van der Waals surface area (Å²) < 4.78 is 10.7. The predicted molar refractivity (Wildman–Crippen MR) is 77.2 cm³/mol. The molecule has 0 aromatic carbocycles. The second kappa shape index (κ2) is 5.00. The van der Waals surface area contributed by atoms with Crippen LogP contribution in [0.3, 0.4) is 0 Å². The third-order valence-electron chi connectivity index (χ3n) is 5.66. The first-order valence-electron chi connectivity index (χ1n) is 7.59. The Morgan fingerprint density at radius 2 is 1.71 bits per heavy atom. The molecule has 4 unspecified atom stereocenters. The molecule has 0 radical (unpaired) electrons. The molecular formula is C17H22O4. The summed E-state index contributed by atoms with van der Waals surface area (Å²) in [7, 11) is 0. The maximum atomic E-state index is 11.4. The summed E-state index contributed by atoms with van der Waals surface area (Å²) in [5, 5.41) is 0. The molecule has 0 heterocycles. The van der Waals surface area contributed by atoms with E-state index < -0.39 is 0 Å². The molecule has 4 atom stereocenters. The number of ether oxygens (including phenoxy) is 2. The molecule has 4 aliphatic rings. The minimum Gasteiger partial charge on any atom is -0.462 e. The number of hydrogen-bond acceptors (Lipinski definition) is 4. The van der Waals surface area contributed by atoms with E-state index in [4.69, 9.17) is 9.47 Å². The fourth-order valence-corrected chi connectivity index (χ4v) is 5.21. The Labute approximate surface area is 125 Å². The lowest BCUT2D eigenvalue weighted by Gasteiger charge is -2.40. The highest BCUT2D eigenvalue weighted by molar-refractivity contribution is 5.81. The lowest BCUT2D eigenvalue weighted by atomic mass is 9.67. The first kappa shape index (κ1) is 14.4. The van der Waals surface area contributed by atoms with Crippen LogP contribution < -0.4 is 0 Å². The standard InChI is InChI=1S/C17H22O4/c1-3-14(18)20-10-16-6-12-5-13(8-16)17(7-12,9-16)11-21-15(19)4-2/h3-4,12-13H,1-2,5-11H2. The largest absolute Gasteiger partial charge is 0.462 e. The zero-order chi connectivity index (χ0) is 15.1. The molecule has 21 heavy (non-hydrogen) atoms. The average molecular weight is 290 g/mol. The van der Waals surface area contributed by atoms with Crippen molar-refractivity contribution in [3.05, 3.63) is 25.3 Å². The van der Waals surface area contributed by atoms with E-state index in [-0.39, 0.29) is 22.8 Å². The average Bonchev–Trinajstić information content (AvgIpc) is 2.85. The third-order valence-corrected chi connectivity index (χ3v) is 5.66. The summed E-state index contributed by atoms with van der Waals surface area (Å²) in [5.74, 6) is 0.584. The molecule has 0 spiro atoms. The maximum absolute atomic E-state index is 11.4. The fraction of sp³-hybridized carbons (Fsp3) is 0.647. The summed E-state index contributed by atoms with van der Waals surface area (Å²) >= 11 is 0. The van der Waals surface area contributed by atoms with Gasteiger partial charge in [0.15, 0.2) is 0 Å². The lowest BCUT2D eigenvalue weighted by Crippen LogP contribution is -2.36. The van der Waals surface area contributed by atoms with Gasteiger partial charge in [0, 0.05) is 23.0 Å². The highest BCUT2D eigenvalue weighted by atomic mass is 16.5. The van der Waals surface area contributed by atoms with E-state index in [1.165, 1.54) is 18.6 Å². The summed E-state index contributed by atoms with van der Waals surface area (Å²) in [6.45, 7) is 7.84. The second-order valence-corrected chi connectivity index (χ2v) is 7.07. The molecule has 4 rings (SSSR count). The van der Waals surface area contributed by atoms with Gasteiger partial charge in [-0.05, 0) is 43.9 Å². The van der Waals surface area contributed by atoms with E-state index in [0.29, 0.717) is 25.0 Å². The van der Waals surface area contributed by atoms with Crippen molar-refractivity contribution in [3.63, 3.8) is 0 Å². The molecule has 4 fully saturated rings. The Kier molecular flexibility index (Phi) is 3.42. The van der Waals surface area contributed by atoms with Crippen molar-refractivity contribution >= 4 is 11.9 Å². The number of carbonyl (C=O) groups is 2. The molecule has 114 valence electrons. The number of hydrogen-bond donors (Lipinski definition) is 0. The van der Waals surface area contributed by atoms with Gasteiger partial charge in [0.05, 0.1) is 13.2 Å². The number of carbonyl (C=O) groups excluding carboxylic acids is 2. The normalized spacial score (nSPS) is 39.0. The van der Waals surface area contributed by atoms with Crippen LogP contribution in [0.1, 0.15) is 32.1 Å². The molecular weight excluding hydrogens is 268 g/mol. The van der Waals surface area contributed by atoms with E-state index in [9.17, 15) is 9.59 Å². The van der Waals surface area contributed by atoms with Gasteiger partial charge in [-0.1, -0.05) is 13.2 Å². The molecule has 4 aliphatic carbocycles. The van der Waals surface area contributed by atoms with Crippen molar-refractivity contribution < 1.29 is 19.1 Å². The monoisotopic (exact) mass is 290 g/mol. The van der Waals surface area contributed by atoms with Gasteiger partial charge in [0.2, 0.25) is 0 Å². The molecule has 0 aromatic rings. The van der Waals surface area contributed by atoms with Crippen molar-refractivity contribution in [2.24, 2.45) is 22.7 Å². The van der Waals surface area contributed by atoms with Crippen LogP contribution in [0.25, 0.3) is 0 Å². The van der Waals surface area contributed by atoms with Gasteiger partial charge < -0.3 is 9.47 Å². The Balaban J connectivity index is 1.69. The van der Waals surface area contributed by atoms with Crippen LogP contribution in [0.5, 0.6) is 0 Å². The summed E-state index contributed by atoms with van der Waals surface area (Å²) in [6, 6.07) is 0. The van der Waals surface area contributed by atoms with E-state index >= 15 is 0 Å². The molecule has 0 saturated heterocycles. The Bertz CT molecular complexity index is 495. The number of esters is 2. The molecule has 4 heteroatoms. The second-order valence-electron chi connectivity index (χ2n) is 7.07.